The summed E-state index contributed by atoms with van der Waals surface area (Å²) in [4.78, 5) is 11.3. The molecule has 0 aliphatic heterocycles. The third kappa shape index (κ3) is 4.88. The highest BCUT2D eigenvalue weighted by molar-refractivity contribution is 7.90. The van der Waals surface area contributed by atoms with E-state index in [4.69, 9.17) is 14.6 Å². The Kier molecular flexibility index (Phi) is 6.84. The number of hydrogen-bond donors (Lipinski definition) is 1. The fraction of sp³-hybridized carbons (Fsp3) is 0.222. The van der Waals surface area contributed by atoms with Crippen molar-refractivity contribution in [3.8, 4) is 22.6 Å². The topological polar surface area (TPSA) is 94.8 Å². The zero-order valence-corrected chi connectivity index (χ0v) is 20.6. The summed E-state index contributed by atoms with van der Waals surface area (Å²) in [6.07, 6.45) is 1.60. The minimum atomic E-state index is -3.96. The second-order valence-corrected chi connectivity index (χ2v) is 9.98. The Morgan fingerprint density at radius 1 is 1.03 bits per heavy atom. The molecule has 182 valence electrons. The molecule has 0 saturated carbocycles. The standard InChI is InChI=1S/C27H27NO6S/c1-4-34-22-9-11-24(18(2)14-22)19-6-5-7-23(15-19)35(31,32)28-17-20(8-13-27(29)30)25-16-21(33-3)10-12-26(25)28/h5-7,9-12,14-17H,4,8,13H2,1-3H3,(H,29,30). The van der Waals surface area contributed by atoms with Gasteiger partial charge in [0.15, 0.2) is 0 Å². The predicted octanol–water partition coefficient (Wildman–Crippen LogP) is 5.28. The average Bonchev–Trinajstić information content (AvgIpc) is 3.21. The van der Waals surface area contributed by atoms with Gasteiger partial charge in [-0.15, -0.1) is 0 Å². The molecule has 8 heteroatoms. The molecule has 4 rings (SSSR count). The van der Waals surface area contributed by atoms with Gasteiger partial charge in [0.2, 0.25) is 0 Å². The first-order valence-corrected chi connectivity index (χ1v) is 12.7. The van der Waals surface area contributed by atoms with Crippen molar-refractivity contribution in [2.24, 2.45) is 0 Å². The number of carboxylic acid groups (broad SMARTS) is 1. The second-order valence-electron chi connectivity index (χ2n) is 8.17. The van der Waals surface area contributed by atoms with Gasteiger partial charge in [-0.2, -0.15) is 0 Å². The summed E-state index contributed by atoms with van der Waals surface area (Å²) >= 11 is 0. The normalized spacial score (nSPS) is 11.5. The van der Waals surface area contributed by atoms with Crippen LogP contribution in [0.4, 0.5) is 0 Å². The Bertz CT molecular complexity index is 1500. The molecule has 0 saturated heterocycles. The first kappa shape index (κ1) is 24.3. The van der Waals surface area contributed by atoms with E-state index in [-0.39, 0.29) is 17.7 Å². The average molecular weight is 494 g/mol. The van der Waals surface area contributed by atoms with Gasteiger partial charge < -0.3 is 14.6 Å². The van der Waals surface area contributed by atoms with Crippen molar-refractivity contribution >= 4 is 26.9 Å². The van der Waals surface area contributed by atoms with Crippen LogP contribution in [0.15, 0.2) is 71.8 Å². The molecule has 1 N–H and O–H groups in total. The molecule has 1 aromatic heterocycles. The second kappa shape index (κ2) is 9.84. The van der Waals surface area contributed by atoms with Gasteiger partial charge in [0, 0.05) is 18.0 Å². The molecule has 0 atom stereocenters. The van der Waals surface area contributed by atoms with Gasteiger partial charge in [-0.3, -0.25) is 4.79 Å². The van der Waals surface area contributed by atoms with Crippen LogP contribution in [0.3, 0.4) is 0 Å². The summed E-state index contributed by atoms with van der Waals surface area (Å²) in [7, 11) is -2.43. The minimum absolute atomic E-state index is 0.108. The van der Waals surface area contributed by atoms with E-state index >= 15 is 0 Å². The highest BCUT2D eigenvalue weighted by Gasteiger charge is 2.23. The lowest BCUT2D eigenvalue weighted by molar-refractivity contribution is -0.136. The molecule has 7 nitrogen and oxygen atoms in total. The number of fused-ring (bicyclic) bond motifs is 1. The van der Waals surface area contributed by atoms with Gasteiger partial charge in [-0.25, -0.2) is 12.4 Å². The lowest BCUT2D eigenvalue weighted by atomic mass is 10.0. The van der Waals surface area contributed by atoms with E-state index in [2.05, 4.69) is 0 Å². The van der Waals surface area contributed by atoms with Crippen LogP contribution in [0.2, 0.25) is 0 Å². The molecule has 0 spiro atoms. The van der Waals surface area contributed by atoms with Crippen LogP contribution in [0.5, 0.6) is 11.5 Å². The van der Waals surface area contributed by atoms with Crippen LogP contribution in [0.25, 0.3) is 22.0 Å². The first-order valence-electron chi connectivity index (χ1n) is 11.2. The molecular formula is C27H27NO6S. The summed E-state index contributed by atoms with van der Waals surface area (Å²) in [5.74, 6) is 0.382. The van der Waals surface area contributed by atoms with E-state index in [9.17, 15) is 13.2 Å². The zero-order chi connectivity index (χ0) is 25.2. The fourth-order valence-electron chi connectivity index (χ4n) is 4.17. The minimum Gasteiger partial charge on any atom is -0.497 e. The Balaban J connectivity index is 1.80. The van der Waals surface area contributed by atoms with Crippen LogP contribution in [-0.2, 0) is 21.2 Å². The monoisotopic (exact) mass is 493 g/mol. The predicted molar refractivity (Wildman–Crippen MR) is 135 cm³/mol. The van der Waals surface area contributed by atoms with Gasteiger partial charge in [0.1, 0.15) is 11.5 Å². The number of benzene rings is 3. The number of hydrogen-bond acceptors (Lipinski definition) is 5. The maximum absolute atomic E-state index is 13.8. The van der Waals surface area contributed by atoms with Crippen LogP contribution in [0, 0.1) is 6.92 Å². The van der Waals surface area contributed by atoms with Crippen LogP contribution < -0.4 is 9.47 Å². The summed E-state index contributed by atoms with van der Waals surface area (Å²) in [6, 6.07) is 17.6. The molecule has 0 radical (unpaired) electrons. The molecule has 0 unspecified atom stereocenters. The maximum Gasteiger partial charge on any atom is 0.303 e. The number of aliphatic carboxylic acids is 1. The largest absolute Gasteiger partial charge is 0.497 e. The number of aryl methyl sites for hydroxylation is 2. The molecular weight excluding hydrogens is 466 g/mol. The Hall–Kier alpha value is -3.78. The number of ether oxygens (including phenoxy) is 2. The first-order chi connectivity index (χ1) is 16.7. The van der Waals surface area contributed by atoms with E-state index in [1.807, 2.05) is 38.1 Å². The van der Waals surface area contributed by atoms with Crippen molar-refractivity contribution in [2.75, 3.05) is 13.7 Å². The number of methoxy groups -OCH3 is 1. The molecule has 4 aromatic rings. The lowest BCUT2D eigenvalue weighted by Crippen LogP contribution is -2.12. The Morgan fingerprint density at radius 3 is 2.49 bits per heavy atom. The third-order valence-electron chi connectivity index (χ3n) is 5.88. The number of rotatable bonds is 9. The molecule has 0 amide bonds. The van der Waals surface area contributed by atoms with Crippen LogP contribution in [0.1, 0.15) is 24.5 Å². The van der Waals surface area contributed by atoms with Gasteiger partial charge in [0.05, 0.1) is 24.1 Å². The van der Waals surface area contributed by atoms with Crippen molar-refractivity contribution in [3.05, 3.63) is 78.0 Å². The highest BCUT2D eigenvalue weighted by atomic mass is 32.2. The zero-order valence-electron chi connectivity index (χ0n) is 19.8. The van der Waals surface area contributed by atoms with Crippen molar-refractivity contribution in [2.45, 2.75) is 31.6 Å². The van der Waals surface area contributed by atoms with Gasteiger partial charge in [-0.1, -0.05) is 18.2 Å². The quantitative estimate of drug-likeness (QED) is 0.341. The molecule has 0 aliphatic rings. The number of carboxylic acids is 1. The van der Waals surface area contributed by atoms with E-state index < -0.39 is 16.0 Å². The fourth-order valence-corrected chi connectivity index (χ4v) is 5.60. The summed E-state index contributed by atoms with van der Waals surface area (Å²) in [6.45, 7) is 4.45. The van der Waals surface area contributed by atoms with Crippen LogP contribution >= 0.6 is 0 Å². The molecule has 1 heterocycles. The summed E-state index contributed by atoms with van der Waals surface area (Å²) < 4.78 is 39.6. The Labute approximate surface area is 204 Å². The van der Waals surface area contributed by atoms with E-state index in [0.29, 0.717) is 28.8 Å². The number of nitrogens with zero attached hydrogens (tertiary/aromatic N) is 1. The molecule has 3 aromatic carbocycles. The smallest absolute Gasteiger partial charge is 0.303 e. The van der Waals surface area contributed by atoms with Crippen molar-refractivity contribution in [1.29, 1.82) is 0 Å². The summed E-state index contributed by atoms with van der Waals surface area (Å²) in [5.41, 5.74) is 3.75. The van der Waals surface area contributed by atoms with Gasteiger partial charge in [-0.05, 0) is 85.0 Å². The Morgan fingerprint density at radius 2 is 1.80 bits per heavy atom. The molecule has 35 heavy (non-hydrogen) atoms. The SMILES string of the molecule is CCOc1ccc(-c2cccc(S(=O)(=O)n3cc(CCC(=O)O)c4cc(OC)ccc43)c2)c(C)c1. The summed E-state index contributed by atoms with van der Waals surface area (Å²) in [5, 5.41) is 9.79. The molecule has 0 aliphatic carbocycles. The highest BCUT2D eigenvalue weighted by Crippen LogP contribution is 2.32. The number of aromatic nitrogens is 1. The van der Waals surface area contributed by atoms with Crippen LogP contribution in [-0.4, -0.2) is 37.2 Å². The van der Waals surface area contributed by atoms with Gasteiger partial charge >= 0.3 is 5.97 Å². The van der Waals surface area contributed by atoms with Crippen molar-refractivity contribution in [1.82, 2.24) is 3.97 Å². The van der Waals surface area contributed by atoms with Crippen molar-refractivity contribution in [3.63, 3.8) is 0 Å². The van der Waals surface area contributed by atoms with E-state index in [1.54, 1.807) is 36.4 Å². The number of carbonyl (C=O) groups is 1. The lowest BCUT2D eigenvalue weighted by Gasteiger charge is -2.12. The van der Waals surface area contributed by atoms with E-state index in [0.717, 1.165) is 22.4 Å². The molecule has 0 fully saturated rings. The van der Waals surface area contributed by atoms with Gasteiger partial charge in [0.25, 0.3) is 10.0 Å². The van der Waals surface area contributed by atoms with Crippen molar-refractivity contribution < 1.29 is 27.8 Å². The maximum atomic E-state index is 13.8. The molecule has 0 bridgehead atoms. The third-order valence-corrected chi connectivity index (χ3v) is 7.55. The van der Waals surface area contributed by atoms with E-state index in [1.165, 1.54) is 17.3 Å².